The first-order valence-corrected chi connectivity index (χ1v) is 12.9. The lowest BCUT2D eigenvalue weighted by Crippen LogP contribution is -2.39. The first-order chi connectivity index (χ1) is 18.0. The van der Waals surface area contributed by atoms with Gasteiger partial charge >= 0.3 is 6.09 Å². The van der Waals surface area contributed by atoms with Crippen molar-refractivity contribution < 1.29 is 28.8 Å². The number of hydrogen-bond donors (Lipinski definition) is 2. The van der Waals surface area contributed by atoms with Crippen molar-refractivity contribution in [3.05, 3.63) is 107 Å². The van der Waals surface area contributed by atoms with Crippen molar-refractivity contribution in [3.8, 4) is 0 Å². The van der Waals surface area contributed by atoms with Gasteiger partial charge < -0.3 is 24.5 Å². The van der Waals surface area contributed by atoms with Crippen LogP contribution in [-0.2, 0) is 20.8 Å². The number of nitrogens with one attached hydrogen (secondary N) is 1. The number of nitrogens with zero attached hydrogens (tertiary/aromatic N) is 1. The van der Waals surface area contributed by atoms with Crippen molar-refractivity contribution in [2.75, 3.05) is 17.7 Å². The number of aliphatic hydroxyl groups is 1. The quantitative estimate of drug-likeness (QED) is 0.174. The normalized spacial score (nSPS) is 21.2. The fourth-order valence-electron chi connectivity index (χ4n) is 4.01. The first kappa shape index (κ1) is 26.7. The molecule has 9 heteroatoms. The number of pyridine rings is 1. The minimum absolute atomic E-state index is 0.00638. The van der Waals surface area contributed by atoms with Crippen LogP contribution in [0.5, 0.6) is 0 Å². The molecule has 2 aromatic carbocycles. The van der Waals surface area contributed by atoms with Crippen molar-refractivity contribution in [1.29, 1.82) is 0 Å². The SMILES string of the molecule is C=CCOC(=O)Nc1ccc([C@@H]2O[C@H](CSc3cccc[n+]3[O-])[C@H](C)[C@H](c3ccc(CO)cc3)O2)cc1. The lowest BCUT2D eigenvalue weighted by Gasteiger charge is -2.41. The van der Waals surface area contributed by atoms with E-state index in [0.29, 0.717) is 16.5 Å². The highest BCUT2D eigenvalue weighted by Crippen LogP contribution is 2.43. The van der Waals surface area contributed by atoms with E-state index in [2.05, 4.69) is 18.8 Å². The topological polar surface area (TPSA) is 104 Å². The fraction of sp³-hybridized carbons (Fsp3) is 0.286. The second-order valence-electron chi connectivity index (χ2n) is 8.63. The number of carbonyl (C=O) groups is 1. The molecule has 0 spiro atoms. The third kappa shape index (κ3) is 6.90. The van der Waals surface area contributed by atoms with Crippen LogP contribution in [0.25, 0.3) is 0 Å². The number of hydrogen-bond acceptors (Lipinski definition) is 7. The minimum Gasteiger partial charge on any atom is -0.618 e. The maximum absolute atomic E-state index is 12.1. The third-order valence-electron chi connectivity index (χ3n) is 6.07. The molecule has 4 rings (SSSR count). The molecule has 3 aromatic rings. The van der Waals surface area contributed by atoms with E-state index >= 15 is 0 Å². The third-order valence-corrected chi connectivity index (χ3v) is 7.18. The predicted octanol–water partition coefficient (Wildman–Crippen LogP) is 5.13. The van der Waals surface area contributed by atoms with Gasteiger partial charge in [0.15, 0.2) is 12.5 Å². The van der Waals surface area contributed by atoms with Crippen molar-refractivity contribution in [3.63, 3.8) is 0 Å². The van der Waals surface area contributed by atoms with Gasteiger partial charge in [0, 0.05) is 35.1 Å². The summed E-state index contributed by atoms with van der Waals surface area (Å²) in [5, 5.41) is 24.8. The highest BCUT2D eigenvalue weighted by Gasteiger charge is 2.38. The zero-order valence-corrected chi connectivity index (χ0v) is 21.3. The Morgan fingerprint density at radius 3 is 2.54 bits per heavy atom. The number of ether oxygens (including phenoxy) is 3. The van der Waals surface area contributed by atoms with Gasteiger partial charge in [-0.05, 0) is 29.3 Å². The number of aromatic nitrogens is 1. The summed E-state index contributed by atoms with van der Waals surface area (Å²) in [6, 6.07) is 20.2. The lowest BCUT2D eigenvalue weighted by molar-refractivity contribution is -0.645. The molecule has 0 aliphatic carbocycles. The van der Waals surface area contributed by atoms with Gasteiger partial charge in [0.05, 0.1) is 18.8 Å². The standard InChI is InChI=1S/C28H30N2O6S/c1-3-16-34-28(32)29-23-13-11-22(12-14-23)27-35-24(18-37-25-6-4-5-15-30(25)33)19(2)26(36-27)21-9-7-20(17-31)8-10-21/h3-15,19,24,26-27,31H,1,16-18H2,2H3,(H,29,32)/t19-,24+,26+,27+/m0/s1. The van der Waals surface area contributed by atoms with Crippen molar-refractivity contribution in [1.82, 2.24) is 0 Å². The molecule has 0 unspecified atom stereocenters. The van der Waals surface area contributed by atoms with Gasteiger partial charge in [-0.2, -0.15) is 4.73 Å². The second-order valence-corrected chi connectivity index (χ2v) is 9.67. The Bertz CT molecular complexity index is 1190. The molecule has 1 saturated heterocycles. The molecule has 4 atom stereocenters. The van der Waals surface area contributed by atoms with Crippen LogP contribution in [0.4, 0.5) is 10.5 Å². The molecule has 1 amide bonds. The molecule has 194 valence electrons. The zero-order chi connectivity index (χ0) is 26.2. The Hall–Kier alpha value is -3.37. The average molecular weight is 523 g/mol. The van der Waals surface area contributed by atoms with E-state index in [4.69, 9.17) is 14.2 Å². The number of amides is 1. The molecule has 2 heterocycles. The fourth-order valence-corrected chi connectivity index (χ4v) is 5.09. The summed E-state index contributed by atoms with van der Waals surface area (Å²) in [6.07, 6.45) is 1.29. The number of rotatable bonds is 9. The molecule has 2 N–H and O–H groups in total. The summed E-state index contributed by atoms with van der Waals surface area (Å²) < 4.78 is 18.6. The Kier molecular flexibility index (Phi) is 9.19. The number of benzene rings is 2. The van der Waals surface area contributed by atoms with Crippen LogP contribution in [0.1, 0.15) is 36.0 Å². The van der Waals surface area contributed by atoms with E-state index in [1.165, 1.54) is 24.0 Å². The highest BCUT2D eigenvalue weighted by atomic mass is 32.2. The van der Waals surface area contributed by atoms with Crippen LogP contribution in [0, 0.1) is 11.1 Å². The molecule has 1 aliphatic rings. The van der Waals surface area contributed by atoms with E-state index in [9.17, 15) is 15.1 Å². The maximum atomic E-state index is 12.1. The van der Waals surface area contributed by atoms with E-state index in [1.807, 2.05) is 42.5 Å². The maximum Gasteiger partial charge on any atom is 0.411 e. The van der Waals surface area contributed by atoms with Gasteiger partial charge in [-0.3, -0.25) is 5.32 Å². The van der Waals surface area contributed by atoms with Crippen LogP contribution in [-0.4, -0.2) is 29.7 Å². The summed E-state index contributed by atoms with van der Waals surface area (Å²) in [4.78, 5) is 11.8. The van der Waals surface area contributed by atoms with Crippen LogP contribution in [0.3, 0.4) is 0 Å². The Morgan fingerprint density at radius 2 is 1.86 bits per heavy atom. The van der Waals surface area contributed by atoms with E-state index in [-0.39, 0.29) is 31.3 Å². The van der Waals surface area contributed by atoms with Crippen molar-refractivity contribution in [2.45, 2.75) is 37.1 Å². The summed E-state index contributed by atoms with van der Waals surface area (Å²) in [6.45, 7) is 5.70. The van der Waals surface area contributed by atoms with Gasteiger partial charge in [0.25, 0.3) is 5.03 Å². The van der Waals surface area contributed by atoms with Crippen LogP contribution < -0.4 is 10.0 Å². The largest absolute Gasteiger partial charge is 0.618 e. The molecule has 8 nitrogen and oxygen atoms in total. The van der Waals surface area contributed by atoms with E-state index < -0.39 is 12.4 Å². The van der Waals surface area contributed by atoms with E-state index in [1.54, 1.807) is 24.3 Å². The summed E-state index contributed by atoms with van der Waals surface area (Å²) in [7, 11) is 0. The molecule has 1 aliphatic heterocycles. The first-order valence-electron chi connectivity index (χ1n) is 11.9. The minimum atomic E-state index is -0.652. The van der Waals surface area contributed by atoms with Crippen molar-refractivity contribution in [2.24, 2.45) is 5.92 Å². The predicted molar refractivity (Wildman–Crippen MR) is 141 cm³/mol. The Labute approximate surface area is 220 Å². The second kappa shape index (κ2) is 12.7. The van der Waals surface area contributed by atoms with Gasteiger partial charge in [-0.15, -0.1) is 0 Å². The smallest absolute Gasteiger partial charge is 0.411 e. The monoisotopic (exact) mass is 522 g/mol. The number of anilines is 1. The average Bonchev–Trinajstić information content (AvgIpc) is 2.92. The van der Waals surface area contributed by atoms with Crippen LogP contribution in [0.15, 0.2) is 90.6 Å². The van der Waals surface area contributed by atoms with E-state index in [0.717, 1.165) is 21.4 Å². The molecular formula is C28H30N2O6S. The molecule has 37 heavy (non-hydrogen) atoms. The lowest BCUT2D eigenvalue weighted by atomic mass is 9.91. The van der Waals surface area contributed by atoms with Gasteiger partial charge in [-0.1, -0.05) is 67.7 Å². The number of aliphatic hydroxyl groups excluding tert-OH is 1. The van der Waals surface area contributed by atoms with Crippen LogP contribution in [0.2, 0.25) is 0 Å². The van der Waals surface area contributed by atoms with Gasteiger partial charge in [-0.25, -0.2) is 4.79 Å². The van der Waals surface area contributed by atoms with Gasteiger partial charge in [0.2, 0.25) is 0 Å². The Balaban J connectivity index is 1.53. The molecule has 1 aromatic heterocycles. The number of carbonyl (C=O) groups excluding carboxylic acids is 1. The van der Waals surface area contributed by atoms with Crippen LogP contribution >= 0.6 is 11.8 Å². The Morgan fingerprint density at radius 1 is 1.14 bits per heavy atom. The molecular weight excluding hydrogens is 492 g/mol. The molecule has 0 saturated carbocycles. The molecule has 1 fully saturated rings. The highest BCUT2D eigenvalue weighted by molar-refractivity contribution is 7.99. The zero-order valence-electron chi connectivity index (χ0n) is 20.5. The molecule has 0 bridgehead atoms. The van der Waals surface area contributed by atoms with Gasteiger partial charge in [0.1, 0.15) is 6.61 Å². The molecule has 0 radical (unpaired) electrons. The number of thioether (sulfide) groups is 1. The van der Waals surface area contributed by atoms with Crippen molar-refractivity contribution >= 4 is 23.5 Å². The summed E-state index contributed by atoms with van der Waals surface area (Å²) >= 11 is 1.44. The summed E-state index contributed by atoms with van der Waals surface area (Å²) in [5.41, 5.74) is 3.18. The summed E-state index contributed by atoms with van der Waals surface area (Å²) in [5.74, 6) is 0.556.